The fourth-order valence-electron chi connectivity index (χ4n) is 2.76. The Bertz CT molecular complexity index is 850. The van der Waals surface area contributed by atoms with Gasteiger partial charge in [0.05, 0.1) is 6.26 Å². The Kier molecular flexibility index (Phi) is 4.10. The van der Waals surface area contributed by atoms with Gasteiger partial charge in [0.2, 0.25) is 0 Å². The van der Waals surface area contributed by atoms with E-state index in [0.717, 1.165) is 5.56 Å². The Morgan fingerprint density at radius 2 is 1.81 bits per heavy atom. The van der Waals surface area contributed by atoms with Gasteiger partial charge in [0.1, 0.15) is 5.76 Å². The van der Waals surface area contributed by atoms with E-state index in [2.05, 4.69) is 31.5 Å². The summed E-state index contributed by atoms with van der Waals surface area (Å²) in [4.78, 5) is 37.3. The van der Waals surface area contributed by atoms with Gasteiger partial charge in [0.25, 0.3) is 11.8 Å². The van der Waals surface area contributed by atoms with Gasteiger partial charge in [-0.3, -0.25) is 15.0 Å². The van der Waals surface area contributed by atoms with Crippen LogP contribution < -0.4 is 10.7 Å². The van der Waals surface area contributed by atoms with Gasteiger partial charge >= 0.3 is 6.03 Å². The van der Waals surface area contributed by atoms with E-state index in [1.54, 1.807) is 24.3 Å². The fraction of sp³-hybridized carbons (Fsp3) is 0.316. The Morgan fingerprint density at radius 1 is 1.15 bits per heavy atom. The van der Waals surface area contributed by atoms with E-state index in [0.29, 0.717) is 16.3 Å². The average Bonchev–Trinajstić information content (AvgIpc) is 3.19. The summed E-state index contributed by atoms with van der Waals surface area (Å²) in [6.45, 7) is 7.75. The number of rotatable bonds is 3. The van der Waals surface area contributed by atoms with E-state index in [9.17, 15) is 14.4 Å². The van der Waals surface area contributed by atoms with Gasteiger partial charge in [0, 0.05) is 5.56 Å². The summed E-state index contributed by atoms with van der Waals surface area (Å²) in [6, 6.07) is 9.54. The van der Waals surface area contributed by atoms with E-state index < -0.39 is 23.4 Å². The van der Waals surface area contributed by atoms with Crippen molar-refractivity contribution in [3.63, 3.8) is 0 Å². The van der Waals surface area contributed by atoms with Crippen molar-refractivity contribution in [2.75, 3.05) is 0 Å². The Labute approximate surface area is 151 Å². The van der Waals surface area contributed by atoms with E-state index in [4.69, 9.17) is 4.42 Å². The molecule has 136 valence electrons. The molecule has 2 heterocycles. The largest absolute Gasteiger partial charge is 0.466 e. The first-order chi connectivity index (χ1) is 12.1. The minimum Gasteiger partial charge on any atom is -0.466 e. The lowest BCUT2D eigenvalue weighted by Gasteiger charge is -2.20. The number of carbonyl (C=O) groups is 3. The summed E-state index contributed by atoms with van der Waals surface area (Å²) in [6.07, 6.45) is 1.41. The van der Waals surface area contributed by atoms with Crippen LogP contribution in [0.4, 0.5) is 4.79 Å². The molecule has 7 nitrogen and oxygen atoms in total. The van der Waals surface area contributed by atoms with E-state index in [-0.39, 0.29) is 5.41 Å². The second-order valence-electron chi connectivity index (χ2n) is 7.44. The molecule has 1 saturated heterocycles. The lowest BCUT2D eigenvalue weighted by Crippen LogP contribution is -2.47. The molecule has 0 saturated carbocycles. The van der Waals surface area contributed by atoms with E-state index in [1.165, 1.54) is 13.2 Å². The number of carbonyl (C=O) groups excluding carboxylic acids is 3. The molecule has 7 heteroatoms. The quantitative estimate of drug-likeness (QED) is 0.828. The Hall–Kier alpha value is -3.09. The summed E-state index contributed by atoms with van der Waals surface area (Å²) >= 11 is 0. The molecular weight excluding hydrogens is 334 g/mol. The smallest absolute Gasteiger partial charge is 0.344 e. The molecule has 2 N–H and O–H groups in total. The molecular formula is C19H21N3O4. The number of hydrogen-bond acceptors (Lipinski definition) is 4. The summed E-state index contributed by atoms with van der Waals surface area (Å²) in [7, 11) is 0. The van der Waals surface area contributed by atoms with Crippen LogP contribution in [0.25, 0.3) is 0 Å². The summed E-state index contributed by atoms with van der Waals surface area (Å²) in [5, 5.41) is 3.23. The van der Waals surface area contributed by atoms with Crippen LogP contribution in [-0.4, -0.2) is 22.9 Å². The highest BCUT2D eigenvalue weighted by molar-refractivity contribution is 6.09. The van der Waals surface area contributed by atoms with E-state index >= 15 is 0 Å². The molecule has 26 heavy (non-hydrogen) atoms. The van der Waals surface area contributed by atoms with Crippen LogP contribution in [0.1, 0.15) is 49.4 Å². The number of furan rings is 1. The van der Waals surface area contributed by atoms with Gasteiger partial charge in [-0.2, -0.15) is 5.01 Å². The van der Waals surface area contributed by atoms with Crippen LogP contribution in [-0.2, 0) is 15.7 Å². The van der Waals surface area contributed by atoms with Crippen molar-refractivity contribution in [2.24, 2.45) is 0 Å². The molecule has 0 unspecified atom stereocenters. The number of nitrogens with zero attached hydrogens (tertiary/aromatic N) is 1. The molecule has 3 rings (SSSR count). The van der Waals surface area contributed by atoms with Crippen molar-refractivity contribution in [3.8, 4) is 0 Å². The summed E-state index contributed by atoms with van der Waals surface area (Å²) in [5.41, 5.74) is 2.40. The van der Waals surface area contributed by atoms with Gasteiger partial charge in [-0.1, -0.05) is 32.9 Å². The summed E-state index contributed by atoms with van der Waals surface area (Å²) in [5.74, 6) is -0.864. The zero-order valence-electron chi connectivity index (χ0n) is 15.1. The molecule has 0 bridgehead atoms. The SMILES string of the molecule is CC(C)(C)c1ccc(C(=O)NN2C(=O)N[C@](C)(c3ccco3)C2=O)cc1. The number of hydrogen-bond donors (Lipinski definition) is 2. The first-order valence-corrected chi connectivity index (χ1v) is 8.25. The van der Waals surface area contributed by atoms with Crippen molar-refractivity contribution < 1.29 is 18.8 Å². The lowest BCUT2D eigenvalue weighted by molar-refractivity contribution is -0.133. The number of amides is 4. The third-order valence-corrected chi connectivity index (χ3v) is 4.43. The zero-order chi connectivity index (χ0) is 19.1. The van der Waals surface area contributed by atoms with Crippen molar-refractivity contribution in [3.05, 3.63) is 59.5 Å². The third kappa shape index (κ3) is 2.96. The first kappa shape index (κ1) is 17.7. The van der Waals surface area contributed by atoms with Crippen LogP contribution in [0, 0.1) is 0 Å². The number of hydrazine groups is 1. The first-order valence-electron chi connectivity index (χ1n) is 8.25. The van der Waals surface area contributed by atoms with Crippen molar-refractivity contribution >= 4 is 17.8 Å². The van der Waals surface area contributed by atoms with Crippen LogP contribution in [0.15, 0.2) is 47.1 Å². The molecule has 1 aliphatic rings. The number of urea groups is 1. The highest BCUT2D eigenvalue weighted by Crippen LogP contribution is 2.28. The van der Waals surface area contributed by atoms with Crippen molar-refractivity contribution in [1.82, 2.24) is 15.8 Å². The fourth-order valence-corrected chi connectivity index (χ4v) is 2.76. The number of imide groups is 1. The molecule has 4 amide bonds. The molecule has 0 aliphatic carbocycles. The molecule has 1 atom stereocenters. The van der Waals surface area contributed by atoms with Crippen LogP contribution in [0.5, 0.6) is 0 Å². The maximum Gasteiger partial charge on any atom is 0.344 e. The highest BCUT2D eigenvalue weighted by Gasteiger charge is 2.52. The van der Waals surface area contributed by atoms with Gasteiger partial charge < -0.3 is 9.73 Å². The topological polar surface area (TPSA) is 91.7 Å². The number of nitrogens with one attached hydrogen (secondary N) is 2. The van der Waals surface area contributed by atoms with E-state index in [1.807, 2.05) is 12.1 Å². The van der Waals surface area contributed by atoms with Crippen LogP contribution in [0.2, 0.25) is 0 Å². The van der Waals surface area contributed by atoms with Gasteiger partial charge in [-0.15, -0.1) is 0 Å². The van der Waals surface area contributed by atoms with Gasteiger partial charge in [-0.25, -0.2) is 4.79 Å². The molecule has 0 spiro atoms. The second kappa shape index (κ2) is 6.01. The zero-order valence-corrected chi connectivity index (χ0v) is 15.1. The maximum atomic E-state index is 12.7. The second-order valence-corrected chi connectivity index (χ2v) is 7.44. The van der Waals surface area contributed by atoms with Crippen LogP contribution >= 0.6 is 0 Å². The minimum atomic E-state index is -1.36. The molecule has 1 fully saturated rings. The van der Waals surface area contributed by atoms with Crippen molar-refractivity contribution in [1.29, 1.82) is 0 Å². The third-order valence-electron chi connectivity index (χ3n) is 4.43. The summed E-state index contributed by atoms with van der Waals surface area (Å²) < 4.78 is 5.25. The standard InChI is InChI=1S/C19H21N3O4/c1-18(2,3)13-9-7-12(8-10-13)15(23)21-22-16(24)19(4,20-17(22)25)14-6-5-11-26-14/h5-11H,1-4H3,(H,20,25)(H,21,23)/t19-/m1/s1. The molecule has 0 radical (unpaired) electrons. The maximum absolute atomic E-state index is 12.7. The predicted octanol–water partition coefficient (Wildman–Crippen LogP) is 2.69. The number of benzene rings is 1. The van der Waals surface area contributed by atoms with Gasteiger partial charge in [-0.05, 0) is 42.2 Å². The minimum absolute atomic E-state index is 0.0370. The lowest BCUT2D eigenvalue weighted by atomic mass is 9.87. The molecule has 1 aliphatic heterocycles. The van der Waals surface area contributed by atoms with Gasteiger partial charge in [0.15, 0.2) is 5.54 Å². The van der Waals surface area contributed by atoms with Crippen molar-refractivity contribution in [2.45, 2.75) is 38.6 Å². The Morgan fingerprint density at radius 3 is 2.35 bits per heavy atom. The van der Waals surface area contributed by atoms with Crippen LogP contribution in [0.3, 0.4) is 0 Å². The average molecular weight is 355 g/mol. The molecule has 1 aromatic heterocycles. The Balaban J connectivity index is 1.77. The monoisotopic (exact) mass is 355 g/mol. The highest BCUT2D eigenvalue weighted by atomic mass is 16.3. The molecule has 2 aromatic rings. The normalized spacial score (nSPS) is 20.2. The predicted molar refractivity (Wildman–Crippen MR) is 94.0 cm³/mol. The molecule has 1 aromatic carbocycles.